The predicted octanol–water partition coefficient (Wildman–Crippen LogP) is 2.64. The fourth-order valence-corrected chi connectivity index (χ4v) is 1.94. The normalized spacial score (nSPS) is 11.3. The van der Waals surface area contributed by atoms with Crippen molar-refractivity contribution in [3.8, 4) is 0 Å². The molecule has 1 aromatic rings. The van der Waals surface area contributed by atoms with Gasteiger partial charge in [-0.05, 0) is 18.6 Å². The monoisotopic (exact) mass is 180 g/mol. The number of aryl methyl sites for hydroxylation is 1. The van der Waals surface area contributed by atoms with Gasteiger partial charge < -0.3 is 4.98 Å². The van der Waals surface area contributed by atoms with Gasteiger partial charge in [-0.3, -0.25) is 0 Å². The maximum atomic E-state index is 4.29. The summed E-state index contributed by atoms with van der Waals surface area (Å²) in [5.74, 6) is 1.04. The Morgan fingerprint density at radius 3 is 2.50 bits per heavy atom. The van der Waals surface area contributed by atoms with Crippen LogP contribution in [0.25, 0.3) is 0 Å². The summed E-state index contributed by atoms with van der Waals surface area (Å²) < 4.78 is 0. The van der Waals surface area contributed by atoms with E-state index in [9.17, 15) is 0 Å². The molecule has 0 aliphatic heterocycles. The lowest BCUT2D eigenvalue weighted by Crippen LogP contribution is -2.33. The molecule has 0 bridgehead atoms. The van der Waals surface area contributed by atoms with Gasteiger partial charge in [-0.25, -0.2) is 4.98 Å². The minimum atomic E-state index is -1.24. The number of nitrogens with zero attached hydrogens (tertiary/aromatic N) is 1. The van der Waals surface area contributed by atoms with E-state index >= 15 is 0 Å². The zero-order chi connectivity index (χ0) is 9.19. The van der Waals surface area contributed by atoms with E-state index in [4.69, 9.17) is 0 Å². The first-order valence-corrected chi connectivity index (χ1v) is 7.69. The van der Waals surface area contributed by atoms with Crippen LogP contribution in [0.2, 0.25) is 19.6 Å². The second-order valence-corrected chi connectivity index (χ2v) is 8.79. The molecule has 0 atom stereocenters. The highest BCUT2D eigenvalue weighted by atomic mass is 28.3. The number of rotatable bonds is 2. The highest BCUT2D eigenvalue weighted by molar-refractivity contribution is 6.79. The van der Waals surface area contributed by atoms with Gasteiger partial charge in [0.1, 0.15) is 14.1 Å². The van der Waals surface area contributed by atoms with Crippen LogP contribution in [0, 0.1) is 6.92 Å². The summed E-state index contributed by atoms with van der Waals surface area (Å²) in [6.45, 7) is 8.87. The van der Waals surface area contributed by atoms with Crippen molar-refractivity contribution in [1.82, 2.24) is 4.98 Å². The standard InChI is InChI=1S/C9H16N2Si/c1-8-6-5-7-10-9(8)11-12(2,3)4/h5-7H,1-4H3,(H,10,11). The molecule has 1 rings (SSSR count). The third-order valence-electron chi connectivity index (χ3n) is 1.50. The number of hydrogen-bond donors (Lipinski definition) is 1. The molecule has 1 aromatic heterocycles. The topological polar surface area (TPSA) is 24.9 Å². The van der Waals surface area contributed by atoms with Crippen molar-refractivity contribution in [3.63, 3.8) is 0 Å². The quantitative estimate of drug-likeness (QED) is 0.708. The van der Waals surface area contributed by atoms with E-state index in [0.29, 0.717) is 0 Å². The highest BCUT2D eigenvalue weighted by Gasteiger charge is 2.14. The molecular formula is C9H16N2Si. The molecule has 0 saturated carbocycles. The summed E-state index contributed by atoms with van der Waals surface area (Å²) in [7, 11) is -1.24. The summed E-state index contributed by atoms with van der Waals surface area (Å²) in [6.07, 6.45) is 1.83. The SMILES string of the molecule is Cc1cccnc1N[Si](C)(C)C. The van der Waals surface area contributed by atoms with Crippen molar-refractivity contribution in [1.29, 1.82) is 0 Å². The van der Waals surface area contributed by atoms with Crippen LogP contribution in [0.15, 0.2) is 18.3 Å². The molecule has 0 saturated heterocycles. The molecule has 2 nitrogen and oxygen atoms in total. The third kappa shape index (κ3) is 2.66. The first-order chi connectivity index (χ1) is 5.49. The Labute approximate surface area is 75.1 Å². The van der Waals surface area contributed by atoms with Crippen LogP contribution in [-0.2, 0) is 0 Å². The van der Waals surface area contributed by atoms with Gasteiger partial charge in [-0.2, -0.15) is 0 Å². The van der Waals surface area contributed by atoms with E-state index in [2.05, 4.69) is 42.6 Å². The van der Waals surface area contributed by atoms with Crippen LogP contribution in [0.5, 0.6) is 0 Å². The Hall–Kier alpha value is -0.833. The zero-order valence-electron chi connectivity index (χ0n) is 8.18. The summed E-state index contributed by atoms with van der Waals surface area (Å²) in [6, 6.07) is 4.04. The minimum Gasteiger partial charge on any atom is -0.396 e. The van der Waals surface area contributed by atoms with Crippen LogP contribution in [-0.4, -0.2) is 13.2 Å². The summed E-state index contributed by atoms with van der Waals surface area (Å²) in [5.41, 5.74) is 1.22. The maximum Gasteiger partial charge on any atom is 0.145 e. The molecule has 0 amide bonds. The highest BCUT2D eigenvalue weighted by Crippen LogP contribution is 2.13. The van der Waals surface area contributed by atoms with Gasteiger partial charge in [-0.15, -0.1) is 0 Å². The Kier molecular flexibility index (Phi) is 2.52. The van der Waals surface area contributed by atoms with E-state index < -0.39 is 8.24 Å². The van der Waals surface area contributed by atoms with Crippen molar-refractivity contribution >= 4 is 14.1 Å². The molecular weight excluding hydrogens is 164 g/mol. The molecule has 0 aromatic carbocycles. The lowest BCUT2D eigenvalue weighted by Gasteiger charge is -2.19. The van der Waals surface area contributed by atoms with E-state index in [0.717, 1.165) is 5.82 Å². The zero-order valence-corrected chi connectivity index (χ0v) is 9.18. The van der Waals surface area contributed by atoms with E-state index in [1.807, 2.05) is 12.3 Å². The first-order valence-electron chi connectivity index (χ1n) is 4.19. The largest absolute Gasteiger partial charge is 0.396 e. The van der Waals surface area contributed by atoms with Crippen LogP contribution in [0.4, 0.5) is 5.82 Å². The van der Waals surface area contributed by atoms with Crippen molar-refractivity contribution in [2.75, 3.05) is 4.98 Å². The molecule has 66 valence electrons. The van der Waals surface area contributed by atoms with Crippen molar-refractivity contribution < 1.29 is 0 Å². The molecule has 0 aliphatic carbocycles. The predicted molar refractivity (Wildman–Crippen MR) is 55.9 cm³/mol. The second kappa shape index (κ2) is 3.27. The number of nitrogens with one attached hydrogen (secondary N) is 1. The lowest BCUT2D eigenvalue weighted by atomic mass is 10.3. The Morgan fingerprint density at radius 2 is 2.00 bits per heavy atom. The van der Waals surface area contributed by atoms with Gasteiger partial charge in [0, 0.05) is 6.20 Å². The number of hydrogen-bond acceptors (Lipinski definition) is 2. The van der Waals surface area contributed by atoms with Gasteiger partial charge in [0.25, 0.3) is 0 Å². The minimum absolute atomic E-state index is 1.04. The van der Waals surface area contributed by atoms with Gasteiger partial charge in [0.05, 0.1) is 0 Å². The molecule has 1 heterocycles. The molecule has 0 unspecified atom stereocenters. The van der Waals surface area contributed by atoms with Gasteiger partial charge in [0.15, 0.2) is 0 Å². The fraction of sp³-hybridized carbons (Fsp3) is 0.444. The summed E-state index contributed by atoms with van der Waals surface area (Å²) >= 11 is 0. The van der Waals surface area contributed by atoms with Crippen LogP contribution in [0.1, 0.15) is 5.56 Å². The van der Waals surface area contributed by atoms with Gasteiger partial charge in [0.2, 0.25) is 0 Å². The Bertz CT molecular complexity index is 265. The molecule has 0 aliphatic rings. The van der Waals surface area contributed by atoms with Crippen molar-refractivity contribution in [3.05, 3.63) is 23.9 Å². The Balaban J connectivity index is 2.83. The number of pyridine rings is 1. The van der Waals surface area contributed by atoms with Crippen LogP contribution < -0.4 is 4.98 Å². The third-order valence-corrected chi connectivity index (χ3v) is 2.49. The Morgan fingerprint density at radius 1 is 1.33 bits per heavy atom. The number of anilines is 1. The molecule has 0 radical (unpaired) electrons. The van der Waals surface area contributed by atoms with Crippen molar-refractivity contribution in [2.45, 2.75) is 26.6 Å². The van der Waals surface area contributed by atoms with E-state index in [1.165, 1.54) is 5.56 Å². The molecule has 1 N–H and O–H groups in total. The average molecular weight is 180 g/mol. The smallest absolute Gasteiger partial charge is 0.145 e. The van der Waals surface area contributed by atoms with Crippen LogP contribution >= 0.6 is 0 Å². The second-order valence-electron chi connectivity index (χ2n) is 4.04. The van der Waals surface area contributed by atoms with Gasteiger partial charge >= 0.3 is 0 Å². The van der Waals surface area contributed by atoms with Crippen LogP contribution in [0.3, 0.4) is 0 Å². The average Bonchev–Trinajstić information content (AvgIpc) is 1.91. The first kappa shape index (κ1) is 9.26. The number of aromatic nitrogens is 1. The van der Waals surface area contributed by atoms with Gasteiger partial charge in [-0.1, -0.05) is 25.7 Å². The van der Waals surface area contributed by atoms with E-state index in [1.54, 1.807) is 0 Å². The molecule has 12 heavy (non-hydrogen) atoms. The molecule has 0 spiro atoms. The fourth-order valence-electron chi connectivity index (χ4n) is 0.972. The van der Waals surface area contributed by atoms with Crippen molar-refractivity contribution in [2.24, 2.45) is 0 Å². The molecule has 0 fully saturated rings. The summed E-state index contributed by atoms with van der Waals surface area (Å²) in [4.78, 5) is 7.76. The maximum absolute atomic E-state index is 4.29. The molecule has 3 heteroatoms. The lowest BCUT2D eigenvalue weighted by molar-refractivity contribution is 1.26. The summed E-state index contributed by atoms with van der Waals surface area (Å²) in [5, 5.41) is 0. The van der Waals surface area contributed by atoms with E-state index in [-0.39, 0.29) is 0 Å².